The topological polar surface area (TPSA) is 47.1 Å². The van der Waals surface area contributed by atoms with Crippen molar-refractivity contribution in [3.8, 4) is 0 Å². The van der Waals surface area contributed by atoms with Crippen LogP contribution >= 0.6 is 24.4 Å². The van der Waals surface area contributed by atoms with Gasteiger partial charge in [-0.15, -0.1) is 0 Å². The summed E-state index contributed by atoms with van der Waals surface area (Å²) in [5.41, 5.74) is 2.77. The molecule has 6 nitrogen and oxygen atoms in total. The quantitative estimate of drug-likeness (QED) is 0.557. The van der Waals surface area contributed by atoms with E-state index in [0.717, 1.165) is 11.1 Å². The lowest BCUT2D eigenvalue weighted by molar-refractivity contribution is -0.123. The van der Waals surface area contributed by atoms with Crippen molar-refractivity contribution < 1.29 is 9.59 Å². The molecule has 8 heteroatoms. The Hall–Kier alpha value is -2.58. The van der Waals surface area contributed by atoms with E-state index >= 15 is 0 Å². The lowest BCUT2D eigenvalue weighted by atomic mass is 10.1. The summed E-state index contributed by atoms with van der Waals surface area (Å²) in [7, 11) is 3.58. The summed E-state index contributed by atoms with van der Waals surface area (Å²) < 4.78 is 0. The van der Waals surface area contributed by atoms with Gasteiger partial charge in [0.05, 0.1) is 0 Å². The van der Waals surface area contributed by atoms with E-state index in [0.29, 0.717) is 34.7 Å². The Morgan fingerprint density at radius 2 is 1.21 bits per heavy atom. The van der Waals surface area contributed by atoms with Gasteiger partial charge in [-0.2, -0.15) is 0 Å². The van der Waals surface area contributed by atoms with Crippen molar-refractivity contribution in [2.45, 2.75) is 13.8 Å². The maximum Gasteiger partial charge on any atom is 0.276 e. The molecule has 0 saturated carbocycles. The van der Waals surface area contributed by atoms with Crippen molar-refractivity contribution in [3.05, 3.63) is 46.8 Å². The molecular formula is C20H22N4O2S2. The number of rotatable bonds is 4. The van der Waals surface area contributed by atoms with Crippen LogP contribution in [0, 0.1) is 0 Å². The zero-order chi connectivity index (χ0) is 20.6. The Labute approximate surface area is 175 Å². The molecule has 2 aliphatic rings. The minimum atomic E-state index is -0.103. The van der Waals surface area contributed by atoms with E-state index in [4.69, 9.17) is 24.4 Å². The Morgan fingerprint density at radius 3 is 1.54 bits per heavy atom. The Kier molecular flexibility index (Phi) is 5.62. The van der Waals surface area contributed by atoms with Crippen LogP contribution in [-0.4, -0.2) is 68.8 Å². The van der Waals surface area contributed by atoms with Gasteiger partial charge in [-0.25, -0.2) is 0 Å². The molecule has 0 N–H and O–H groups in total. The van der Waals surface area contributed by atoms with Crippen LogP contribution in [0.2, 0.25) is 0 Å². The van der Waals surface area contributed by atoms with E-state index in [-0.39, 0.29) is 11.8 Å². The van der Waals surface area contributed by atoms with Gasteiger partial charge < -0.3 is 9.80 Å². The van der Waals surface area contributed by atoms with Gasteiger partial charge in [0.2, 0.25) is 0 Å². The van der Waals surface area contributed by atoms with Crippen LogP contribution < -0.4 is 0 Å². The molecule has 0 atom stereocenters. The van der Waals surface area contributed by atoms with Crippen LogP contribution in [-0.2, 0) is 9.59 Å². The van der Waals surface area contributed by atoms with Crippen LogP contribution in [0.5, 0.6) is 0 Å². The summed E-state index contributed by atoms with van der Waals surface area (Å²) >= 11 is 10.7. The average molecular weight is 415 g/mol. The molecule has 0 aliphatic carbocycles. The molecule has 0 bridgehead atoms. The Morgan fingerprint density at radius 1 is 0.821 bits per heavy atom. The second kappa shape index (κ2) is 7.81. The van der Waals surface area contributed by atoms with E-state index in [1.54, 1.807) is 33.7 Å². The van der Waals surface area contributed by atoms with Crippen LogP contribution in [0.1, 0.15) is 25.0 Å². The van der Waals surface area contributed by atoms with Gasteiger partial charge in [-0.1, -0.05) is 18.2 Å². The number of carbonyl (C=O) groups is 2. The van der Waals surface area contributed by atoms with Gasteiger partial charge >= 0.3 is 0 Å². The lowest BCUT2D eigenvalue weighted by Crippen LogP contribution is -2.30. The van der Waals surface area contributed by atoms with Gasteiger partial charge in [0.25, 0.3) is 11.8 Å². The first-order chi connectivity index (χ1) is 13.3. The molecule has 2 fully saturated rings. The van der Waals surface area contributed by atoms with Crippen LogP contribution in [0.3, 0.4) is 0 Å². The molecular weight excluding hydrogens is 392 g/mol. The van der Waals surface area contributed by atoms with E-state index in [1.807, 2.05) is 50.3 Å². The number of benzene rings is 1. The fourth-order valence-electron chi connectivity index (χ4n) is 3.23. The smallest absolute Gasteiger partial charge is 0.276 e. The highest BCUT2D eigenvalue weighted by molar-refractivity contribution is 7.80. The molecule has 0 spiro atoms. The molecule has 2 heterocycles. The summed E-state index contributed by atoms with van der Waals surface area (Å²) in [6.45, 7) is 4.86. The number of nitrogens with zero attached hydrogens (tertiary/aromatic N) is 4. The van der Waals surface area contributed by atoms with E-state index in [9.17, 15) is 9.59 Å². The van der Waals surface area contributed by atoms with Crippen LogP contribution in [0.25, 0.3) is 12.2 Å². The largest absolute Gasteiger partial charge is 0.317 e. The summed E-state index contributed by atoms with van der Waals surface area (Å²) in [4.78, 5) is 31.7. The number of amides is 2. The SMILES string of the molecule is CCN1C(=O)/C(=C\c2cccc(/C=C3\C(=O)N(CC)C(=S)N3C)c2)N(C)C1=S. The second-order valence-electron chi connectivity index (χ2n) is 6.51. The minimum Gasteiger partial charge on any atom is -0.317 e. The third kappa shape index (κ3) is 3.33. The van der Waals surface area contributed by atoms with Crippen molar-refractivity contribution in [2.24, 2.45) is 0 Å². The molecule has 2 amide bonds. The van der Waals surface area contributed by atoms with Crippen molar-refractivity contribution in [1.29, 1.82) is 0 Å². The Balaban J connectivity index is 1.94. The van der Waals surface area contributed by atoms with Gasteiger partial charge in [0, 0.05) is 27.2 Å². The first kappa shape index (κ1) is 20.2. The third-order valence-electron chi connectivity index (χ3n) is 4.84. The first-order valence-corrected chi connectivity index (χ1v) is 9.84. The third-order valence-corrected chi connectivity index (χ3v) is 5.83. The molecule has 0 aromatic heterocycles. The second-order valence-corrected chi connectivity index (χ2v) is 7.24. The van der Waals surface area contributed by atoms with E-state index in [2.05, 4.69) is 0 Å². The number of carbonyl (C=O) groups excluding carboxylic acids is 2. The van der Waals surface area contributed by atoms with Crippen molar-refractivity contribution in [2.75, 3.05) is 27.2 Å². The molecule has 28 heavy (non-hydrogen) atoms. The highest BCUT2D eigenvalue weighted by Gasteiger charge is 2.35. The molecule has 146 valence electrons. The standard InChI is InChI=1S/C20H22N4O2S2/c1-5-23-17(25)15(21(3)19(23)27)11-13-8-7-9-14(10-13)12-16-18(26)24(6-2)20(28)22(16)4/h7-12H,5-6H2,1-4H3/b15-11+,16-12+. The molecule has 2 saturated heterocycles. The molecule has 0 unspecified atom stereocenters. The minimum absolute atomic E-state index is 0.103. The fourth-order valence-corrected chi connectivity index (χ4v) is 3.86. The number of likely N-dealkylation sites (N-methyl/N-ethyl adjacent to an activating group) is 4. The maximum absolute atomic E-state index is 12.6. The molecule has 2 aliphatic heterocycles. The summed E-state index contributed by atoms with van der Waals surface area (Å²) in [5.74, 6) is -0.207. The Bertz CT molecular complexity index is 867. The summed E-state index contributed by atoms with van der Waals surface area (Å²) in [6.07, 6.45) is 3.63. The van der Waals surface area contributed by atoms with Crippen molar-refractivity contribution >= 4 is 58.6 Å². The predicted octanol–water partition coefficient (Wildman–Crippen LogP) is 2.53. The summed E-state index contributed by atoms with van der Waals surface area (Å²) in [6, 6.07) is 7.65. The van der Waals surface area contributed by atoms with Crippen LogP contribution in [0.4, 0.5) is 0 Å². The lowest BCUT2D eigenvalue weighted by Gasteiger charge is -2.13. The number of hydrogen-bond acceptors (Lipinski definition) is 4. The molecule has 1 aromatic carbocycles. The van der Waals surface area contributed by atoms with Crippen molar-refractivity contribution in [3.63, 3.8) is 0 Å². The molecule has 0 radical (unpaired) electrons. The average Bonchev–Trinajstić information content (AvgIpc) is 3.01. The van der Waals surface area contributed by atoms with Crippen LogP contribution in [0.15, 0.2) is 35.7 Å². The zero-order valence-electron chi connectivity index (χ0n) is 16.3. The first-order valence-electron chi connectivity index (χ1n) is 9.02. The number of hydrogen-bond donors (Lipinski definition) is 0. The highest BCUT2D eigenvalue weighted by atomic mass is 32.1. The van der Waals surface area contributed by atoms with Gasteiger partial charge in [-0.3, -0.25) is 19.4 Å². The van der Waals surface area contributed by atoms with E-state index < -0.39 is 0 Å². The van der Waals surface area contributed by atoms with Crippen molar-refractivity contribution in [1.82, 2.24) is 19.6 Å². The van der Waals surface area contributed by atoms with E-state index in [1.165, 1.54) is 0 Å². The van der Waals surface area contributed by atoms with Gasteiger partial charge in [0.1, 0.15) is 11.4 Å². The molecule has 1 aromatic rings. The highest BCUT2D eigenvalue weighted by Crippen LogP contribution is 2.24. The number of thiocarbonyl (C=S) groups is 2. The normalized spacial score (nSPS) is 20.6. The maximum atomic E-state index is 12.6. The van der Waals surface area contributed by atoms with Gasteiger partial charge in [0.15, 0.2) is 10.2 Å². The zero-order valence-corrected chi connectivity index (χ0v) is 17.9. The summed E-state index contributed by atoms with van der Waals surface area (Å²) in [5, 5.41) is 1.01. The van der Waals surface area contributed by atoms with Gasteiger partial charge in [-0.05, 0) is 67.6 Å². The molecule has 3 rings (SSSR count). The monoisotopic (exact) mass is 414 g/mol. The fraction of sp³-hybridized carbons (Fsp3) is 0.300. The predicted molar refractivity (Wildman–Crippen MR) is 118 cm³/mol.